The third-order valence-corrected chi connectivity index (χ3v) is 3.18. The Hall–Kier alpha value is -1.41. The van der Waals surface area contributed by atoms with Crippen molar-refractivity contribution < 1.29 is 13.2 Å². The number of halogens is 4. The largest absolute Gasteiger partial charge is 0.418 e. The van der Waals surface area contributed by atoms with E-state index in [0.29, 0.717) is 29.6 Å². The van der Waals surface area contributed by atoms with E-state index in [0.717, 1.165) is 10.7 Å². The fraction of sp³-hybridized carbons (Fsp3) is 0.333. The molecule has 0 atom stereocenters. The number of rotatable bonds is 4. The second-order valence-corrected chi connectivity index (χ2v) is 5.12. The highest BCUT2D eigenvalue weighted by molar-refractivity contribution is 9.10. The number of nitrogens with zero attached hydrogens (tertiary/aromatic N) is 3. The molecule has 4 nitrogen and oxygen atoms in total. The predicted octanol–water partition coefficient (Wildman–Crippen LogP) is 2.94. The molecule has 2 rings (SSSR count). The van der Waals surface area contributed by atoms with Gasteiger partial charge in [0.05, 0.1) is 23.1 Å². The number of aromatic nitrogens is 3. The zero-order valence-electron chi connectivity index (χ0n) is 10.4. The molecule has 0 bridgehead atoms. The molecule has 2 N–H and O–H groups in total. The van der Waals surface area contributed by atoms with Crippen molar-refractivity contribution in [3.05, 3.63) is 40.1 Å². The monoisotopic (exact) mass is 348 g/mol. The summed E-state index contributed by atoms with van der Waals surface area (Å²) in [6.45, 7) is 0.499. The molecule has 20 heavy (non-hydrogen) atoms. The van der Waals surface area contributed by atoms with Crippen molar-refractivity contribution in [2.45, 2.75) is 19.0 Å². The average molecular weight is 349 g/mol. The number of aryl methyl sites for hydroxylation is 1. The third kappa shape index (κ3) is 3.37. The van der Waals surface area contributed by atoms with Crippen LogP contribution >= 0.6 is 15.9 Å². The molecule has 1 aromatic carbocycles. The van der Waals surface area contributed by atoms with E-state index in [9.17, 15) is 13.2 Å². The van der Waals surface area contributed by atoms with E-state index in [1.165, 1.54) is 18.3 Å². The number of benzene rings is 1. The molecular weight excluding hydrogens is 337 g/mol. The second kappa shape index (κ2) is 5.92. The molecule has 0 amide bonds. The van der Waals surface area contributed by atoms with Gasteiger partial charge in [0.2, 0.25) is 0 Å². The zero-order valence-corrected chi connectivity index (χ0v) is 11.9. The number of nitrogens with two attached hydrogens (primary N) is 1. The van der Waals surface area contributed by atoms with E-state index in [1.807, 2.05) is 0 Å². The maximum Gasteiger partial charge on any atom is 0.418 e. The van der Waals surface area contributed by atoms with Crippen molar-refractivity contribution in [1.29, 1.82) is 0 Å². The Morgan fingerprint density at radius 3 is 2.70 bits per heavy atom. The standard InChI is InChI=1S/C12H12BrF3N4/c13-8-3-4-11(10(6-8)12(14,15)16)20-7-9(18-19-20)2-1-5-17/h3-4,6-7H,1-2,5,17H2. The van der Waals surface area contributed by atoms with Gasteiger partial charge in [-0.2, -0.15) is 13.2 Å². The van der Waals surface area contributed by atoms with Gasteiger partial charge < -0.3 is 5.73 Å². The van der Waals surface area contributed by atoms with Gasteiger partial charge in [-0.15, -0.1) is 5.10 Å². The van der Waals surface area contributed by atoms with Crippen LogP contribution in [-0.4, -0.2) is 21.5 Å². The molecule has 2 aromatic rings. The van der Waals surface area contributed by atoms with Gasteiger partial charge >= 0.3 is 6.18 Å². The summed E-state index contributed by atoms with van der Waals surface area (Å²) in [6, 6.07) is 3.91. The van der Waals surface area contributed by atoms with Crippen molar-refractivity contribution >= 4 is 15.9 Å². The topological polar surface area (TPSA) is 56.7 Å². The van der Waals surface area contributed by atoms with Crippen molar-refractivity contribution in [1.82, 2.24) is 15.0 Å². The summed E-state index contributed by atoms with van der Waals surface area (Å²) in [5.74, 6) is 0. The molecule has 0 spiro atoms. The van der Waals surface area contributed by atoms with Gasteiger partial charge in [-0.1, -0.05) is 21.1 Å². The molecule has 108 valence electrons. The van der Waals surface area contributed by atoms with Gasteiger partial charge in [0.25, 0.3) is 0 Å². The number of hydrogen-bond acceptors (Lipinski definition) is 3. The van der Waals surface area contributed by atoms with Crippen LogP contribution in [0.2, 0.25) is 0 Å². The summed E-state index contributed by atoms with van der Waals surface area (Å²) in [6.07, 6.45) is -1.66. The van der Waals surface area contributed by atoms with Gasteiger partial charge in [0.15, 0.2) is 0 Å². The summed E-state index contributed by atoms with van der Waals surface area (Å²) in [4.78, 5) is 0. The van der Waals surface area contributed by atoms with Crippen LogP contribution in [-0.2, 0) is 12.6 Å². The van der Waals surface area contributed by atoms with E-state index in [2.05, 4.69) is 26.2 Å². The van der Waals surface area contributed by atoms with Crippen molar-refractivity contribution in [3.63, 3.8) is 0 Å². The fourth-order valence-electron chi connectivity index (χ4n) is 1.75. The molecule has 0 saturated carbocycles. The van der Waals surface area contributed by atoms with Crippen LogP contribution in [0, 0.1) is 0 Å². The maximum atomic E-state index is 13.0. The zero-order chi connectivity index (χ0) is 14.8. The van der Waals surface area contributed by atoms with E-state index < -0.39 is 11.7 Å². The third-order valence-electron chi connectivity index (χ3n) is 2.69. The molecule has 0 unspecified atom stereocenters. The molecule has 0 fully saturated rings. The number of alkyl halides is 3. The Morgan fingerprint density at radius 2 is 2.05 bits per heavy atom. The van der Waals surface area contributed by atoms with Crippen molar-refractivity contribution in [2.75, 3.05) is 6.54 Å². The average Bonchev–Trinajstić information content (AvgIpc) is 2.84. The minimum absolute atomic E-state index is 0.0489. The molecule has 1 aromatic heterocycles. The smallest absolute Gasteiger partial charge is 0.330 e. The Kier molecular flexibility index (Phi) is 4.44. The summed E-state index contributed by atoms with van der Waals surface area (Å²) in [5.41, 5.74) is 5.19. The minimum atomic E-state index is -4.46. The normalized spacial score (nSPS) is 11.8. The molecule has 0 radical (unpaired) electrons. The highest BCUT2D eigenvalue weighted by Crippen LogP contribution is 2.35. The maximum absolute atomic E-state index is 13.0. The van der Waals surface area contributed by atoms with E-state index >= 15 is 0 Å². The lowest BCUT2D eigenvalue weighted by Crippen LogP contribution is -2.11. The van der Waals surface area contributed by atoms with E-state index in [-0.39, 0.29) is 5.69 Å². The SMILES string of the molecule is NCCCc1cn(-c2ccc(Br)cc2C(F)(F)F)nn1. The van der Waals surface area contributed by atoms with Gasteiger partial charge in [0, 0.05) is 4.47 Å². The Balaban J connectivity index is 2.39. The van der Waals surface area contributed by atoms with Gasteiger partial charge in [-0.05, 0) is 37.6 Å². The summed E-state index contributed by atoms with van der Waals surface area (Å²) >= 11 is 3.04. The van der Waals surface area contributed by atoms with E-state index in [1.54, 1.807) is 0 Å². The Labute approximate surface area is 121 Å². The minimum Gasteiger partial charge on any atom is -0.330 e. The van der Waals surface area contributed by atoms with Crippen LogP contribution in [0.25, 0.3) is 5.69 Å². The highest BCUT2D eigenvalue weighted by atomic mass is 79.9. The quantitative estimate of drug-likeness (QED) is 0.924. The lowest BCUT2D eigenvalue weighted by Gasteiger charge is -2.12. The Morgan fingerprint density at radius 1 is 1.30 bits per heavy atom. The summed E-state index contributed by atoms with van der Waals surface area (Å²) < 4.78 is 40.6. The molecule has 0 aliphatic carbocycles. The Bertz CT molecular complexity index is 595. The van der Waals surface area contributed by atoms with Crippen LogP contribution in [0.1, 0.15) is 17.7 Å². The summed E-state index contributed by atoms with van der Waals surface area (Å²) in [5, 5.41) is 7.61. The first-order valence-corrected chi connectivity index (χ1v) is 6.69. The summed E-state index contributed by atoms with van der Waals surface area (Å²) in [7, 11) is 0. The molecule has 0 saturated heterocycles. The number of hydrogen-bond donors (Lipinski definition) is 1. The fourth-order valence-corrected chi connectivity index (χ4v) is 2.11. The lowest BCUT2D eigenvalue weighted by atomic mass is 10.1. The van der Waals surface area contributed by atoms with Crippen LogP contribution in [0.5, 0.6) is 0 Å². The molecule has 8 heteroatoms. The predicted molar refractivity (Wildman–Crippen MR) is 71.4 cm³/mol. The molecule has 0 aliphatic heterocycles. The van der Waals surface area contributed by atoms with Crippen molar-refractivity contribution in [2.24, 2.45) is 5.73 Å². The van der Waals surface area contributed by atoms with Crippen LogP contribution in [0.3, 0.4) is 0 Å². The van der Waals surface area contributed by atoms with Crippen LogP contribution in [0.15, 0.2) is 28.9 Å². The van der Waals surface area contributed by atoms with Crippen LogP contribution < -0.4 is 5.73 Å². The van der Waals surface area contributed by atoms with Crippen molar-refractivity contribution in [3.8, 4) is 5.69 Å². The first-order valence-electron chi connectivity index (χ1n) is 5.90. The molecule has 1 heterocycles. The first-order chi connectivity index (χ1) is 9.41. The van der Waals surface area contributed by atoms with Crippen LogP contribution in [0.4, 0.5) is 13.2 Å². The van der Waals surface area contributed by atoms with Gasteiger partial charge in [-0.25, -0.2) is 4.68 Å². The van der Waals surface area contributed by atoms with Gasteiger partial charge in [0.1, 0.15) is 0 Å². The highest BCUT2D eigenvalue weighted by Gasteiger charge is 2.34. The lowest BCUT2D eigenvalue weighted by molar-refractivity contribution is -0.137. The second-order valence-electron chi connectivity index (χ2n) is 4.21. The van der Waals surface area contributed by atoms with E-state index in [4.69, 9.17) is 5.73 Å². The first kappa shape index (κ1) is 15.0. The molecular formula is C12H12BrF3N4. The van der Waals surface area contributed by atoms with Gasteiger partial charge in [-0.3, -0.25) is 0 Å². The molecule has 0 aliphatic rings.